The molecule has 76 valence electrons. The Morgan fingerprint density at radius 1 is 1.33 bits per heavy atom. The smallest absolute Gasteiger partial charge is 0.251 e. The zero-order chi connectivity index (χ0) is 10.5. The van der Waals surface area contributed by atoms with E-state index in [0.717, 1.165) is 5.01 Å². The van der Waals surface area contributed by atoms with Crippen molar-refractivity contribution in [3.8, 4) is 0 Å². The van der Waals surface area contributed by atoms with Gasteiger partial charge in [-0.05, 0) is 12.1 Å². The molecule has 2 rings (SSSR count). The van der Waals surface area contributed by atoms with Crippen LogP contribution in [0.25, 0.3) is 0 Å². The van der Waals surface area contributed by atoms with Gasteiger partial charge in [-0.2, -0.15) is 0 Å². The number of benzene rings is 1. The van der Waals surface area contributed by atoms with Crippen LogP contribution in [0.15, 0.2) is 41.9 Å². The summed E-state index contributed by atoms with van der Waals surface area (Å²) in [5.74, 6) is -0.0641. The first-order valence-corrected chi connectivity index (χ1v) is 5.46. The Hall–Kier alpha value is -1.68. The van der Waals surface area contributed by atoms with Gasteiger partial charge in [0.15, 0.2) is 0 Å². The molecule has 0 spiro atoms. The number of nitrogens with one attached hydrogen (secondary N) is 1. The molecule has 4 heteroatoms. The summed E-state index contributed by atoms with van der Waals surface area (Å²) < 4.78 is 0. The van der Waals surface area contributed by atoms with E-state index in [9.17, 15) is 4.79 Å². The minimum absolute atomic E-state index is 0.0641. The quantitative estimate of drug-likeness (QED) is 0.857. The molecular weight excluding hydrogens is 208 g/mol. The fourth-order valence-corrected chi connectivity index (χ4v) is 1.74. The second-order valence-corrected chi connectivity index (χ2v) is 3.95. The van der Waals surface area contributed by atoms with Gasteiger partial charge in [-0.15, -0.1) is 11.3 Å². The molecular formula is C11H10N2OS. The Morgan fingerprint density at radius 2 is 2.13 bits per heavy atom. The lowest BCUT2D eigenvalue weighted by molar-refractivity contribution is 0.0951. The lowest BCUT2D eigenvalue weighted by atomic mass is 10.2. The molecule has 0 aliphatic heterocycles. The van der Waals surface area contributed by atoms with E-state index >= 15 is 0 Å². The van der Waals surface area contributed by atoms with Crippen LogP contribution in [-0.2, 0) is 6.54 Å². The molecule has 0 saturated heterocycles. The first-order chi connectivity index (χ1) is 7.36. The molecule has 15 heavy (non-hydrogen) atoms. The van der Waals surface area contributed by atoms with Gasteiger partial charge in [-0.3, -0.25) is 4.79 Å². The Bertz CT molecular complexity index is 425. The molecule has 0 aliphatic rings. The van der Waals surface area contributed by atoms with Crippen LogP contribution < -0.4 is 5.32 Å². The lowest BCUT2D eigenvalue weighted by Crippen LogP contribution is -2.22. The van der Waals surface area contributed by atoms with Gasteiger partial charge in [0.25, 0.3) is 5.91 Å². The maximum absolute atomic E-state index is 11.6. The Morgan fingerprint density at radius 3 is 2.80 bits per heavy atom. The van der Waals surface area contributed by atoms with E-state index < -0.39 is 0 Å². The van der Waals surface area contributed by atoms with Crippen molar-refractivity contribution in [2.45, 2.75) is 6.54 Å². The van der Waals surface area contributed by atoms with Gasteiger partial charge in [0.1, 0.15) is 5.01 Å². The zero-order valence-corrected chi connectivity index (χ0v) is 8.83. The monoisotopic (exact) mass is 218 g/mol. The Labute approximate surface area is 91.8 Å². The average molecular weight is 218 g/mol. The van der Waals surface area contributed by atoms with Crippen LogP contribution in [-0.4, -0.2) is 10.9 Å². The van der Waals surface area contributed by atoms with Crippen LogP contribution in [0.3, 0.4) is 0 Å². The molecule has 0 unspecified atom stereocenters. The van der Waals surface area contributed by atoms with Crippen molar-refractivity contribution in [1.29, 1.82) is 0 Å². The molecule has 1 heterocycles. The van der Waals surface area contributed by atoms with Crippen LogP contribution in [0, 0.1) is 0 Å². The van der Waals surface area contributed by atoms with Gasteiger partial charge in [-0.25, -0.2) is 4.98 Å². The van der Waals surface area contributed by atoms with Crippen molar-refractivity contribution in [3.63, 3.8) is 0 Å². The molecule has 0 aliphatic carbocycles. The van der Waals surface area contributed by atoms with Crippen LogP contribution in [0.2, 0.25) is 0 Å². The van der Waals surface area contributed by atoms with Crippen molar-refractivity contribution in [3.05, 3.63) is 52.5 Å². The van der Waals surface area contributed by atoms with Gasteiger partial charge in [0.2, 0.25) is 0 Å². The number of nitrogens with zero attached hydrogens (tertiary/aromatic N) is 1. The molecule has 1 aromatic heterocycles. The summed E-state index contributed by atoms with van der Waals surface area (Å²) in [6, 6.07) is 9.16. The summed E-state index contributed by atoms with van der Waals surface area (Å²) in [6.45, 7) is 0.491. The first kappa shape index (κ1) is 9.86. The van der Waals surface area contributed by atoms with Crippen molar-refractivity contribution in [1.82, 2.24) is 10.3 Å². The summed E-state index contributed by atoms with van der Waals surface area (Å²) >= 11 is 1.53. The summed E-state index contributed by atoms with van der Waals surface area (Å²) in [7, 11) is 0. The Kier molecular flexibility index (Phi) is 3.09. The summed E-state index contributed by atoms with van der Waals surface area (Å²) in [5.41, 5.74) is 0.675. The highest BCUT2D eigenvalue weighted by atomic mass is 32.1. The second-order valence-electron chi connectivity index (χ2n) is 2.97. The van der Waals surface area contributed by atoms with E-state index in [-0.39, 0.29) is 5.91 Å². The number of amides is 1. The van der Waals surface area contributed by atoms with Crippen LogP contribution >= 0.6 is 11.3 Å². The highest BCUT2D eigenvalue weighted by Gasteiger charge is 2.04. The van der Waals surface area contributed by atoms with Crippen molar-refractivity contribution >= 4 is 17.2 Å². The van der Waals surface area contributed by atoms with E-state index in [1.54, 1.807) is 18.3 Å². The fourth-order valence-electron chi connectivity index (χ4n) is 1.19. The fraction of sp³-hybridized carbons (Fsp3) is 0.0909. The topological polar surface area (TPSA) is 42.0 Å². The van der Waals surface area contributed by atoms with Crippen molar-refractivity contribution in [2.75, 3.05) is 0 Å². The normalized spacial score (nSPS) is 9.87. The molecule has 0 bridgehead atoms. The van der Waals surface area contributed by atoms with Crippen LogP contribution in [0.5, 0.6) is 0 Å². The number of hydrogen-bond acceptors (Lipinski definition) is 3. The number of thiazole rings is 1. The van der Waals surface area contributed by atoms with Gasteiger partial charge in [-0.1, -0.05) is 18.2 Å². The third kappa shape index (κ3) is 2.63. The molecule has 0 saturated carbocycles. The number of hydrogen-bond donors (Lipinski definition) is 1. The number of rotatable bonds is 3. The molecule has 3 nitrogen and oxygen atoms in total. The third-order valence-corrected chi connectivity index (χ3v) is 2.70. The van der Waals surface area contributed by atoms with E-state index in [1.807, 2.05) is 23.6 Å². The molecule has 1 amide bonds. The number of carbonyl (C=O) groups is 1. The van der Waals surface area contributed by atoms with Crippen molar-refractivity contribution < 1.29 is 4.79 Å². The highest BCUT2D eigenvalue weighted by molar-refractivity contribution is 7.09. The Balaban J connectivity index is 1.94. The molecule has 2 aromatic rings. The molecule has 0 fully saturated rings. The first-order valence-electron chi connectivity index (χ1n) is 4.58. The molecule has 0 atom stereocenters. The third-order valence-electron chi connectivity index (χ3n) is 1.92. The van der Waals surface area contributed by atoms with E-state index in [2.05, 4.69) is 10.3 Å². The maximum Gasteiger partial charge on any atom is 0.251 e. The van der Waals surface area contributed by atoms with Crippen LogP contribution in [0.1, 0.15) is 15.4 Å². The molecule has 1 N–H and O–H groups in total. The van der Waals surface area contributed by atoms with Gasteiger partial charge in [0, 0.05) is 17.1 Å². The summed E-state index contributed by atoms with van der Waals surface area (Å²) in [6.07, 6.45) is 1.73. The maximum atomic E-state index is 11.6. The van der Waals surface area contributed by atoms with E-state index in [1.165, 1.54) is 11.3 Å². The zero-order valence-electron chi connectivity index (χ0n) is 8.01. The standard InChI is InChI=1S/C11H10N2OS/c14-11(9-4-2-1-3-5-9)13-8-10-12-6-7-15-10/h1-7H,8H2,(H,13,14). The van der Waals surface area contributed by atoms with Gasteiger partial charge in [0.05, 0.1) is 6.54 Å². The highest BCUT2D eigenvalue weighted by Crippen LogP contribution is 2.04. The minimum Gasteiger partial charge on any atom is -0.346 e. The SMILES string of the molecule is O=C(NCc1nccs1)c1ccccc1. The minimum atomic E-state index is -0.0641. The largest absolute Gasteiger partial charge is 0.346 e. The summed E-state index contributed by atoms with van der Waals surface area (Å²) in [4.78, 5) is 15.7. The van der Waals surface area contributed by atoms with Gasteiger partial charge < -0.3 is 5.32 Å². The van der Waals surface area contributed by atoms with E-state index in [0.29, 0.717) is 12.1 Å². The lowest BCUT2D eigenvalue weighted by Gasteiger charge is -2.02. The number of aromatic nitrogens is 1. The number of carbonyl (C=O) groups excluding carboxylic acids is 1. The second kappa shape index (κ2) is 4.70. The van der Waals surface area contributed by atoms with Crippen LogP contribution in [0.4, 0.5) is 0 Å². The predicted octanol–water partition coefficient (Wildman–Crippen LogP) is 2.07. The van der Waals surface area contributed by atoms with Gasteiger partial charge >= 0.3 is 0 Å². The molecule has 0 radical (unpaired) electrons. The predicted molar refractivity (Wildman–Crippen MR) is 59.7 cm³/mol. The average Bonchev–Trinajstić information content (AvgIpc) is 2.80. The van der Waals surface area contributed by atoms with E-state index in [4.69, 9.17) is 0 Å². The van der Waals surface area contributed by atoms with Crippen molar-refractivity contribution in [2.24, 2.45) is 0 Å². The summed E-state index contributed by atoms with van der Waals surface area (Å²) in [5, 5.41) is 5.62. The molecule has 1 aromatic carbocycles.